The lowest BCUT2D eigenvalue weighted by Gasteiger charge is -1.99. The Bertz CT molecular complexity index is 1050. The number of nitrogens with zero attached hydrogens (tertiary/aromatic N) is 5. The summed E-state index contributed by atoms with van der Waals surface area (Å²) in [5, 5.41) is 20.3. The normalized spacial score (nSPS) is 11.7. The molecule has 0 aliphatic carbocycles. The van der Waals surface area contributed by atoms with E-state index in [-0.39, 0.29) is 11.4 Å². The Morgan fingerprint density at radius 2 is 2.04 bits per heavy atom. The molecule has 0 saturated carbocycles. The molecule has 0 aliphatic heterocycles. The maximum Gasteiger partial charge on any atom is 0.235 e. The number of fused-ring (bicyclic) bond motifs is 1. The molecule has 6 nitrogen and oxygen atoms in total. The minimum Gasteiger partial charge on any atom is -0.282 e. The smallest absolute Gasteiger partial charge is 0.235 e. The monoisotopic (exact) mass is 360 g/mol. The second-order valence-corrected chi connectivity index (χ2v) is 7.08. The Morgan fingerprint density at radius 3 is 2.84 bits per heavy atom. The van der Waals surface area contributed by atoms with Crippen molar-refractivity contribution in [3.8, 4) is 22.1 Å². The summed E-state index contributed by atoms with van der Waals surface area (Å²) in [5.41, 5.74) is 1.73. The fourth-order valence-corrected chi connectivity index (χ4v) is 3.37. The minimum atomic E-state index is -0.579. The lowest BCUT2D eigenvalue weighted by molar-refractivity contribution is 0.601. The third kappa shape index (κ3) is 2.91. The summed E-state index contributed by atoms with van der Waals surface area (Å²) < 4.78 is 28.9. The van der Waals surface area contributed by atoms with E-state index in [0.717, 1.165) is 30.3 Å². The van der Waals surface area contributed by atoms with Gasteiger partial charge in [-0.15, -0.1) is 10.2 Å². The van der Waals surface area contributed by atoms with Crippen LogP contribution in [-0.4, -0.2) is 30.0 Å². The fourth-order valence-electron chi connectivity index (χ4n) is 2.57. The molecule has 1 aromatic carbocycles. The summed E-state index contributed by atoms with van der Waals surface area (Å²) in [7, 11) is 0. The number of hydrogen-bond donors (Lipinski definition) is 1. The van der Waals surface area contributed by atoms with E-state index in [1.807, 2.05) is 6.07 Å². The van der Waals surface area contributed by atoms with Crippen molar-refractivity contribution in [1.82, 2.24) is 30.0 Å². The van der Waals surface area contributed by atoms with Crippen LogP contribution >= 0.6 is 11.3 Å². The molecule has 0 unspecified atom stereocenters. The van der Waals surface area contributed by atoms with Crippen LogP contribution in [0.15, 0.2) is 24.3 Å². The van der Waals surface area contributed by atoms with Crippen LogP contribution in [0.1, 0.15) is 19.5 Å². The lowest BCUT2D eigenvalue weighted by Crippen LogP contribution is -1.94. The van der Waals surface area contributed by atoms with Crippen molar-refractivity contribution < 1.29 is 8.78 Å². The molecule has 3 aromatic heterocycles. The van der Waals surface area contributed by atoms with Gasteiger partial charge in [-0.3, -0.25) is 5.10 Å². The van der Waals surface area contributed by atoms with E-state index in [4.69, 9.17) is 0 Å². The molecule has 0 fully saturated rings. The van der Waals surface area contributed by atoms with E-state index < -0.39 is 11.6 Å². The van der Waals surface area contributed by atoms with Gasteiger partial charge in [0.25, 0.3) is 0 Å². The van der Waals surface area contributed by atoms with Gasteiger partial charge in [-0.25, -0.2) is 8.78 Å². The molecule has 4 aromatic rings. The number of halogens is 2. The van der Waals surface area contributed by atoms with Gasteiger partial charge in [0.2, 0.25) is 4.96 Å². The first kappa shape index (κ1) is 15.8. The molecule has 0 spiro atoms. The SMILES string of the molecule is CC(C)Cc1cc(-c2nn3c(-c4cc(F)ccc4F)nnc3s2)n[nH]1. The number of aromatic amines is 1. The van der Waals surface area contributed by atoms with Gasteiger partial charge in [0, 0.05) is 5.69 Å². The van der Waals surface area contributed by atoms with Crippen LogP contribution in [0, 0.1) is 17.6 Å². The van der Waals surface area contributed by atoms with Crippen LogP contribution in [-0.2, 0) is 6.42 Å². The number of rotatable bonds is 4. The Balaban J connectivity index is 1.76. The molecule has 3 heterocycles. The summed E-state index contributed by atoms with van der Waals surface area (Å²) in [6, 6.07) is 5.14. The lowest BCUT2D eigenvalue weighted by atomic mass is 10.1. The van der Waals surface area contributed by atoms with Crippen molar-refractivity contribution in [1.29, 1.82) is 0 Å². The third-order valence-corrected chi connectivity index (χ3v) is 4.56. The Kier molecular flexibility index (Phi) is 3.79. The van der Waals surface area contributed by atoms with Gasteiger partial charge in [-0.1, -0.05) is 25.2 Å². The fraction of sp³-hybridized carbons (Fsp3) is 0.250. The Hall–Kier alpha value is -2.68. The molecular formula is C16H14F2N6S. The van der Waals surface area contributed by atoms with E-state index in [0.29, 0.717) is 21.6 Å². The highest BCUT2D eigenvalue weighted by molar-refractivity contribution is 7.19. The Labute approximate surface area is 145 Å². The average Bonchev–Trinajstić information content (AvgIpc) is 3.24. The van der Waals surface area contributed by atoms with Crippen LogP contribution in [0.25, 0.3) is 27.1 Å². The summed E-state index contributed by atoms with van der Waals surface area (Å²) in [4.78, 5) is 0.488. The second-order valence-electron chi connectivity index (χ2n) is 6.13. The van der Waals surface area contributed by atoms with Crippen LogP contribution in [0.3, 0.4) is 0 Å². The van der Waals surface area contributed by atoms with Crippen LogP contribution in [0.5, 0.6) is 0 Å². The van der Waals surface area contributed by atoms with Gasteiger partial charge >= 0.3 is 0 Å². The first-order valence-electron chi connectivity index (χ1n) is 7.73. The molecule has 0 amide bonds. The maximum absolute atomic E-state index is 14.0. The van der Waals surface area contributed by atoms with Crippen molar-refractivity contribution in [3.63, 3.8) is 0 Å². The van der Waals surface area contributed by atoms with Crippen LogP contribution in [0.4, 0.5) is 8.78 Å². The molecule has 0 saturated heterocycles. The van der Waals surface area contributed by atoms with Crippen molar-refractivity contribution >= 4 is 16.3 Å². The summed E-state index contributed by atoms with van der Waals surface area (Å²) >= 11 is 1.29. The third-order valence-electron chi connectivity index (χ3n) is 3.64. The number of nitrogens with one attached hydrogen (secondary N) is 1. The van der Waals surface area contributed by atoms with Crippen LogP contribution < -0.4 is 0 Å². The first-order chi connectivity index (χ1) is 12.0. The van der Waals surface area contributed by atoms with Crippen molar-refractivity contribution in [2.45, 2.75) is 20.3 Å². The highest BCUT2D eigenvalue weighted by Crippen LogP contribution is 2.28. The van der Waals surface area contributed by atoms with Crippen molar-refractivity contribution in [2.24, 2.45) is 5.92 Å². The molecule has 128 valence electrons. The molecule has 25 heavy (non-hydrogen) atoms. The number of benzene rings is 1. The molecule has 1 N–H and O–H groups in total. The molecular weight excluding hydrogens is 346 g/mol. The maximum atomic E-state index is 14.0. The predicted molar refractivity (Wildman–Crippen MR) is 90.1 cm³/mol. The molecule has 0 aliphatic rings. The molecule has 0 radical (unpaired) electrons. The zero-order valence-corrected chi connectivity index (χ0v) is 14.3. The molecule has 9 heteroatoms. The van der Waals surface area contributed by atoms with Gasteiger partial charge < -0.3 is 0 Å². The highest BCUT2D eigenvalue weighted by atomic mass is 32.1. The van der Waals surface area contributed by atoms with E-state index in [1.54, 1.807) is 0 Å². The first-order valence-corrected chi connectivity index (χ1v) is 8.55. The quantitative estimate of drug-likeness (QED) is 0.602. The van der Waals surface area contributed by atoms with E-state index in [1.165, 1.54) is 15.9 Å². The number of aromatic nitrogens is 6. The van der Waals surface area contributed by atoms with Gasteiger partial charge in [-0.2, -0.15) is 14.7 Å². The van der Waals surface area contributed by atoms with Crippen molar-refractivity contribution in [2.75, 3.05) is 0 Å². The summed E-state index contributed by atoms with van der Waals surface area (Å²) in [6.45, 7) is 4.26. The largest absolute Gasteiger partial charge is 0.282 e. The number of H-pyrrole nitrogens is 1. The van der Waals surface area contributed by atoms with E-state index in [2.05, 4.69) is 39.3 Å². The van der Waals surface area contributed by atoms with E-state index >= 15 is 0 Å². The molecule has 0 bridgehead atoms. The second kappa shape index (κ2) is 5.99. The van der Waals surface area contributed by atoms with Gasteiger partial charge in [0.15, 0.2) is 10.8 Å². The van der Waals surface area contributed by atoms with Crippen LogP contribution in [0.2, 0.25) is 0 Å². The molecule has 4 rings (SSSR count). The zero-order valence-electron chi connectivity index (χ0n) is 13.5. The van der Waals surface area contributed by atoms with Crippen molar-refractivity contribution in [3.05, 3.63) is 41.6 Å². The van der Waals surface area contributed by atoms with E-state index in [9.17, 15) is 8.78 Å². The minimum absolute atomic E-state index is 0.0203. The predicted octanol–water partition coefficient (Wildman–Crippen LogP) is 3.72. The summed E-state index contributed by atoms with van der Waals surface area (Å²) in [6.07, 6.45) is 0.886. The van der Waals surface area contributed by atoms with Gasteiger partial charge in [0.1, 0.15) is 17.3 Å². The average molecular weight is 360 g/mol. The highest BCUT2D eigenvalue weighted by Gasteiger charge is 2.19. The van der Waals surface area contributed by atoms with Gasteiger partial charge in [-0.05, 0) is 36.6 Å². The summed E-state index contributed by atoms with van der Waals surface area (Å²) in [5.74, 6) is -0.459. The Morgan fingerprint density at radius 1 is 1.20 bits per heavy atom. The molecule has 0 atom stereocenters. The zero-order chi connectivity index (χ0) is 17.6. The topological polar surface area (TPSA) is 71.8 Å². The van der Waals surface area contributed by atoms with Gasteiger partial charge in [0.05, 0.1) is 5.56 Å². The number of hydrogen-bond acceptors (Lipinski definition) is 5. The standard InChI is InChI=1S/C16H14F2N6S/c1-8(2)5-10-7-13(20-19-10)15-23-24-14(21-22-16(24)25-15)11-6-9(17)3-4-12(11)18/h3-4,6-8H,5H2,1-2H3,(H,19,20).